The van der Waals surface area contributed by atoms with Crippen LogP contribution in [0.4, 0.5) is 11.4 Å². The maximum Gasteiger partial charge on any atom is 0.307 e. The van der Waals surface area contributed by atoms with E-state index in [0.29, 0.717) is 18.1 Å². The Morgan fingerprint density at radius 3 is 2.36 bits per heavy atom. The van der Waals surface area contributed by atoms with E-state index in [1.165, 1.54) is 5.56 Å². The van der Waals surface area contributed by atoms with Crippen LogP contribution in [0, 0.1) is 5.92 Å². The monoisotopic (exact) mass is 528 g/mol. The normalized spacial score (nSPS) is 14.1. The molecule has 3 N–H and O–H groups in total. The third kappa shape index (κ3) is 7.39. The van der Waals surface area contributed by atoms with Gasteiger partial charge in [-0.05, 0) is 54.8 Å². The molecule has 0 saturated carbocycles. The number of hydrogen-bond donors (Lipinski definition) is 3. The van der Waals surface area contributed by atoms with Crippen molar-refractivity contribution >= 4 is 29.0 Å². The Labute approximate surface area is 229 Å². The van der Waals surface area contributed by atoms with E-state index >= 15 is 0 Å². The summed E-state index contributed by atoms with van der Waals surface area (Å²) in [5.41, 5.74) is 7.53. The van der Waals surface area contributed by atoms with Crippen molar-refractivity contribution in [1.29, 1.82) is 0 Å². The molecule has 8 nitrogen and oxygen atoms in total. The first kappa shape index (κ1) is 27.7. The van der Waals surface area contributed by atoms with Gasteiger partial charge in [0, 0.05) is 23.4 Å². The number of ether oxygens (including phenoxy) is 1. The molecule has 0 bridgehead atoms. The van der Waals surface area contributed by atoms with Gasteiger partial charge >= 0.3 is 5.97 Å². The van der Waals surface area contributed by atoms with Crippen molar-refractivity contribution in [1.82, 2.24) is 10.9 Å². The Morgan fingerprint density at radius 2 is 1.69 bits per heavy atom. The SMILES string of the molecule is CCOC(=O)CCNC(=O)c1ccc(N[C@H](c2ccc(C3=CN(c4ccccc4)NO3)cc2)C(C)CC)cc1. The lowest BCUT2D eigenvalue weighted by Crippen LogP contribution is -2.26. The van der Waals surface area contributed by atoms with Gasteiger partial charge in [-0.15, -0.1) is 0 Å². The average molecular weight is 529 g/mol. The van der Waals surface area contributed by atoms with E-state index in [-0.39, 0.29) is 30.9 Å². The highest BCUT2D eigenvalue weighted by molar-refractivity contribution is 5.94. The van der Waals surface area contributed by atoms with Crippen molar-refractivity contribution in [3.05, 3.63) is 102 Å². The molecule has 3 aromatic carbocycles. The number of esters is 1. The molecule has 0 fully saturated rings. The zero-order valence-corrected chi connectivity index (χ0v) is 22.6. The van der Waals surface area contributed by atoms with Crippen LogP contribution >= 0.6 is 0 Å². The lowest BCUT2D eigenvalue weighted by molar-refractivity contribution is -0.142. The number of benzene rings is 3. The van der Waals surface area contributed by atoms with Crippen LogP contribution in [0.3, 0.4) is 0 Å². The number of carbonyl (C=O) groups excluding carboxylic acids is 2. The van der Waals surface area contributed by atoms with Gasteiger partial charge in [0.1, 0.15) is 0 Å². The number of para-hydroxylation sites is 1. The highest BCUT2D eigenvalue weighted by Crippen LogP contribution is 2.31. The van der Waals surface area contributed by atoms with E-state index in [1.54, 1.807) is 19.1 Å². The van der Waals surface area contributed by atoms with Crippen molar-refractivity contribution in [2.24, 2.45) is 5.92 Å². The molecule has 3 aromatic rings. The third-order valence-electron chi connectivity index (χ3n) is 6.69. The maximum absolute atomic E-state index is 12.4. The van der Waals surface area contributed by atoms with Crippen LogP contribution in [0.2, 0.25) is 0 Å². The van der Waals surface area contributed by atoms with E-state index in [1.807, 2.05) is 53.7 Å². The van der Waals surface area contributed by atoms with Crippen molar-refractivity contribution in [2.75, 3.05) is 23.5 Å². The Kier molecular flexibility index (Phi) is 9.58. The number of nitrogens with one attached hydrogen (secondary N) is 3. The fourth-order valence-electron chi connectivity index (χ4n) is 4.27. The highest BCUT2D eigenvalue weighted by Gasteiger charge is 2.20. The molecule has 0 radical (unpaired) electrons. The molecule has 0 aliphatic carbocycles. The maximum atomic E-state index is 12.4. The first-order valence-electron chi connectivity index (χ1n) is 13.4. The molecule has 0 aromatic heterocycles. The lowest BCUT2D eigenvalue weighted by Gasteiger charge is -2.26. The summed E-state index contributed by atoms with van der Waals surface area (Å²) in [4.78, 5) is 29.6. The summed E-state index contributed by atoms with van der Waals surface area (Å²) in [6.07, 6.45) is 3.09. The number of anilines is 2. The van der Waals surface area contributed by atoms with Gasteiger partial charge in [0.05, 0.1) is 31.0 Å². The van der Waals surface area contributed by atoms with Crippen LogP contribution in [0.5, 0.6) is 0 Å². The Morgan fingerprint density at radius 1 is 0.974 bits per heavy atom. The van der Waals surface area contributed by atoms with Gasteiger partial charge in [-0.25, -0.2) is 5.01 Å². The first-order valence-corrected chi connectivity index (χ1v) is 13.4. The van der Waals surface area contributed by atoms with Gasteiger partial charge in [-0.3, -0.25) is 9.59 Å². The molecule has 4 rings (SSSR count). The fraction of sp³-hybridized carbons (Fsp3) is 0.290. The summed E-state index contributed by atoms with van der Waals surface area (Å²) in [5.74, 6) is 0.580. The quantitative estimate of drug-likeness (QED) is 0.255. The third-order valence-corrected chi connectivity index (χ3v) is 6.69. The molecule has 1 amide bonds. The summed E-state index contributed by atoms with van der Waals surface area (Å²) in [5, 5.41) is 8.25. The molecule has 1 aliphatic rings. The van der Waals surface area contributed by atoms with Crippen LogP contribution in [-0.2, 0) is 14.4 Å². The second-order valence-electron chi connectivity index (χ2n) is 9.41. The van der Waals surface area contributed by atoms with Crippen LogP contribution in [0.25, 0.3) is 5.76 Å². The van der Waals surface area contributed by atoms with Crippen molar-refractivity contribution in [3.8, 4) is 0 Å². The number of amides is 1. The second kappa shape index (κ2) is 13.5. The van der Waals surface area contributed by atoms with Gasteiger partial charge in [-0.1, -0.05) is 68.3 Å². The van der Waals surface area contributed by atoms with Crippen molar-refractivity contribution in [3.63, 3.8) is 0 Å². The summed E-state index contributed by atoms with van der Waals surface area (Å²) < 4.78 is 4.89. The summed E-state index contributed by atoms with van der Waals surface area (Å²) in [6, 6.07) is 25.8. The van der Waals surface area contributed by atoms with Gasteiger partial charge < -0.3 is 20.2 Å². The Balaban J connectivity index is 1.39. The van der Waals surface area contributed by atoms with E-state index in [4.69, 9.17) is 9.57 Å². The topological polar surface area (TPSA) is 91.9 Å². The van der Waals surface area contributed by atoms with Crippen LogP contribution in [0.1, 0.15) is 61.1 Å². The minimum atomic E-state index is -0.320. The first-order chi connectivity index (χ1) is 19.0. The predicted octanol–water partition coefficient (Wildman–Crippen LogP) is 5.82. The minimum absolute atomic E-state index is 0.0886. The Bertz CT molecular complexity index is 1260. The standard InChI is InChI=1S/C31H36N4O4/c1-4-22(3)30(33-26-17-15-25(16-18-26)31(37)32-20-19-29(36)38-5-2)24-13-11-23(12-14-24)28-21-35(34-39-28)27-9-7-6-8-10-27/h6-18,21-22,30,33-34H,4-5,19-20H2,1-3H3,(H,32,37)/t22?,30-/m0/s1. The molecular weight excluding hydrogens is 492 g/mol. The van der Waals surface area contributed by atoms with Gasteiger partial charge in [0.15, 0.2) is 5.76 Å². The fourth-order valence-corrected chi connectivity index (χ4v) is 4.27. The number of carbonyl (C=O) groups is 2. The number of hydrazine groups is 1. The number of nitrogens with zero attached hydrogens (tertiary/aromatic N) is 1. The zero-order chi connectivity index (χ0) is 27.6. The molecule has 1 heterocycles. The molecule has 1 aliphatic heterocycles. The van der Waals surface area contributed by atoms with E-state index in [0.717, 1.165) is 29.1 Å². The molecular formula is C31H36N4O4. The molecule has 0 spiro atoms. The minimum Gasteiger partial charge on any atom is -0.466 e. The van der Waals surface area contributed by atoms with Crippen LogP contribution < -0.4 is 21.2 Å². The van der Waals surface area contributed by atoms with Crippen molar-refractivity contribution in [2.45, 2.75) is 39.7 Å². The zero-order valence-electron chi connectivity index (χ0n) is 22.6. The lowest BCUT2D eigenvalue weighted by atomic mass is 9.91. The van der Waals surface area contributed by atoms with Gasteiger partial charge in [0.25, 0.3) is 5.91 Å². The molecule has 0 saturated heterocycles. The van der Waals surface area contributed by atoms with Crippen LogP contribution in [-0.4, -0.2) is 25.0 Å². The molecule has 1 unspecified atom stereocenters. The van der Waals surface area contributed by atoms with E-state index in [2.05, 4.69) is 54.3 Å². The highest BCUT2D eigenvalue weighted by atomic mass is 16.7. The van der Waals surface area contributed by atoms with E-state index < -0.39 is 0 Å². The van der Waals surface area contributed by atoms with Crippen LogP contribution in [0.15, 0.2) is 85.1 Å². The summed E-state index contributed by atoms with van der Waals surface area (Å²) >= 11 is 0. The summed E-state index contributed by atoms with van der Waals surface area (Å²) in [6.45, 7) is 6.74. The molecule has 8 heteroatoms. The average Bonchev–Trinajstić information content (AvgIpc) is 3.47. The van der Waals surface area contributed by atoms with Crippen molar-refractivity contribution < 1.29 is 19.2 Å². The largest absolute Gasteiger partial charge is 0.466 e. The van der Waals surface area contributed by atoms with Gasteiger partial charge in [-0.2, -0.15) is 0 Å². The predicted molar refractivity (Wildman–Crippen MR) is 153 cm³/mol. The molecule has 2 atom stereocenters. The molecule has 39 heavy (non-hydrogen) atoms. The second-order valence-corrected chi connectivity index (χ2v) is 9.41. The summed E-state index contributed by atoms with van der Waals surface area (Å²) in [7, 11) is 0. The smallest absolute Gasteiger partial charge is 0.307 e. The van der Waals surface area contributed by atoms with E-state index in [9.17, 15) is 9.59 Å². The Hall–Kier alpha value is -4.30. The molecule has 204 valence electrons. The number of rotatable bonds is 12. The number of hydrogen-bond acceptors (Lipinski definition) is 7. The van der Waals surface area contributed by atoms with Gasteiger partial charge in [0.2, 0.25) is 0 Å².